The second-order valence-electron chi connectivity index (χ2n) is 5.55. The van der Waals surface area contributed by atoms with Crippen LogP contribution >= 0.6 is 11.6 Å². The summed E-state index contributed by atoms with van der Waals surface area (Å²) in [6.07, 6.45) is 0. The average molecular weight is 337 g/mol. The molecule has 0 aliphatic rings. The van der Waals surface area contributed by atoms with E-state index in [4.69, 9.17) is 11.6 Å². The Balaban J connectivity index is 1.96. The lowest BCUT2D eigenvalue weighted by Gasteiger charge is -2.04. The van der Waals surface area contributed by atoms with Crippen LogP contribution < -0.4 is 0 Å². The number of pyridine rings is 1. The van der Waals surface area contributed by atoms with Gasteiger partial charge in [0, 0.05) is 21.9 Å². The lowest BCUT2D eigenvalue weighted by Crippen LogP contribution is -1.99. The summed E-state index contributed by atoms with van der Waals surface area (Å²) in [7, 11) is 0. The van der Waals surface area contributed by atoms with E-state index < -0.39 is 0 Å². The summed E-state index contributed by atoms with van der Waals surface area (Å²) in [5.74, 6) is -0.203. The fourth-order valence-corrected chi connectivity index (χ4v) is 3.05. The van der Waals surface area contributed by atoms with Crippen LogP contribution in [0.1, 0.15) is 10.4 Å². The van der Waals surface area contributed by atoms with E-state index in [1.165, 1.54) is 0 Å². The molecule has 118 valence electrons. The maximum Gasteiger partial charge on any atom is 0.199 e. The number of benzene rings is 2. The van der Waals surface area contributed by atoms with E-state index in [0.29, 0.717) is 16.8 Å². The number of rotatable bonds is 3. The van der Waals surface area contributed by atoms with Gasteiger partial charge in [0.1, 0.15) is 0 Å². The first-order chi connectivity index (χ1) is 11.7. The highest BCUT2D eigenvalue weighted by Gasteiger charge is 2.16. The van der Waals surface area contributed by atoms with Crippen molar-refractivity contribution in [2.24, 2.45) is 0 Å². The molecule has 2 aromatic carbocycles. The zero-order valence-corrected chi connectivity index (χ0v) is 13.3. The molecule has 0 radical (unpaired) electrons. The maximum absolute atomic E-state index is 11.9. The van der Waals surface area contributed by atoms with Crippen molar-refractivity contribution in [1.82, 2.24) is 9.97 Å². The molecule has 0 spiro atoms. The Labute approximate surface area is 142 Å². The van der Waals surface area contributed by atoms with Gasteiger partial charge in [0.15, 0.2) is 11.7 Å². The van der Waals surface area contributed by atoms with Crippen molar-refractivity contribution in [2.45, 2.75) is 0 Å². The lowest BCUT2D eigenvalue weighted by atomic mass is 10.0. The third-order valence-corrected chi connectivity index (χ3v) is 4.32. The van der Waals surface area contributed by atoms with E-state index in [-0.39, 0.29) is 17.5 Å². The number of aromatic nitrogens is 2. The predicted octanol–water partition coefficient (Wildman–Crippen LogP) is 4.51. The molecule has 0 bridgehead atoms. The number of aromatic hydroxyl groups is 1. The maximum atomic E-state index is 11.9. The highest BCUT2D eigenvalue weighted by molar-refractivity contribution is 6.30. The average Bonchev–Trinajstić information content (AvgIpc) is 2.95. The van der Waals surface area contributed by atoms with Gasteiger partial charge in [0.2, 0.25) is 0 Å². The Morgan fingerprint density at radius 3 is 2.79 bits per heavy atom. The van der Waals surface area contributed by atoms with Gasteiger partial charge in [-0.3, -0.25) is 4.79 Å². The molecule has 2 N–H and O–H groups in total. The van der Waals surface area contributed by atoms with Gasteiger partial charge in [0.05, 0.1) is 22.7 Å². The van der Waals surface area contributed by atoms with Gasteiger partial charge in [0.25, 0.3) is 0 Å². The van der Waals surface area contributed by atoms with Crippen LogP contribution in [-0.2, 0) is 0 Å². The minimum Gasteiger partial charge on any atom is -0.494 e. The lowest BCUT2D eigenvalue weighted by molar-refractivity contribution is 0.102. The van der Waals surface area contributed by atoms with Gasteiger partial charge in [-0.25, -0.2) is 4.98 Å². The van der Waals surface area contributed by atoms with Gasteiger partial charge in [-0.05, 0) is 30.3 Å². The third-order valence-electron chi connectivity index (χ3n) is 4.08. The number of ketones is 1. The van der Waals surface area contributed by atoms with Crippen LogP contribution in [0, 0.1) is 0 Å². The number of nitrogens with zero attached hydrogens (tertiary/aromatic N) is 1. The summed E-state index contributed by atoms with van der Waals surface area (Å²) in [5, 5.41) is 12.1. The summed E-state index contributed by atoms with van der Waals surface area (Å²) in [6, 6.07) is 16.8. The van der Waals surface area contributed by atoms with Crippen LogP contribution in [0.5, 0.6) is 5.88 Å². The van der Waals surface area contributed by atoms with E-state index in [2.05, 4.69) is 9.97 Å². The van der Waals surface area contributed by atoms with Gasteiger partial charge >= 0.3 is 0 Å². The van der Waals surface area contributed by atoms with Gasteiger partial charge in [-0.1, -0.05) is 24.3 Å². The molecule has 4 rings (SSSR count). The van der Waals surface area contributed by atoms with Crippen molar-refractivity contribution in [3.8, 4) is 17.1 Å². The molecule has 0 amide bonds. The summed E-state index contributed by atoms with van der Waals surface area (Å²) in [4.78, 5) is 19.4. The molecule has 4 nitrogen and oxygen atoms in total. The van der Waals surface area contributed by atoms with Crippen LogP contribution in [0.25, 0.3) is 33.1 Å². The number of nitrogens with one attached hydrogen (secondary N) is 1. The van der Waals surface area contributed by atoms with Gasteiger partial charge < -0.3 is 10.1 Å². The zero-order valence-electron chi connectivity index (χ0n) is 12.6. The Morgan fingerprint density at radius 1 is 1.12 bits per heavy atom. The van der Waals surface area contributed by atoms with Crippen LogP contribution in [0.4, 0.5) is 0 Å². The van der Waals surface area contributed by atoms with Gasteiger partial charge in [-0.2, -0.15) is 0 Å². The molecule has 0 aliphatic carbocycles. The van der Waals surface area contributed by atoms with Crippen molar-refractivity contribution in [3.63, 3.8) is 0 Å². The summed E-state index contributed by atoms with van der Waals surface area (Å²) < 4.78 is 0. The molecule has 0 atom stereocenters. The first kappa shape index (κ1) is 14.7. The van der Waals surface area contributed by atoms with E-state index in [0.717, 1.165) is 21.8 Å². The third kappa shape index (κ3) is 2.32. The molecule has 0 fully saturated rings. The van der Waals surface area contributed by atoms with Crippen molar-refractivity contribution in [3.05, 3.63) is 60.2 Å². The number of alkyl halides is 1. The standard InChI is InChI=1S/C19H13ClN2O2/c20-10-17(23)12-6-7-15-13(9-12)18(19(24)22-15)16-8-5-11-3-1-2-4-14(11)21-16/h1-9,22,24H,10H2. The second kappa shape index (κ2) is 5.65. The highest BCUT2D eigenvalue weighted by atomic mass is 35.5. The molecule has 24 heavy (non-hydrogen) atoms. The topological polar surface area (TPSA) is 66.0 Å². The van der Waals surface area contributed by atoms with E-state index in [1.54, 1.807) is 18.2 Å². The monoisotopic (exact) mass is 336 g/mol. The first-order valence-electron chi connectivity index (χ1n) is 7.47. The van der Waals surface area contributed by atoms with E-state index in [9.17, 15) is 9.90 Å². The number of hydrogen-bond acceptors (Lipinski definition) is 3. The normalized spacial score (nSPS) is 11.2. The number of Topliss-reactive ketones (excluding diaryl/α,β-unsaturated/α-hetero) is 1. The van der Waals surface area contributed by atoms with Crippen molar-refractivity contribution in [2.75, 3.05) is 5.88 Å². The summed E-state index contributed by atoms with van der Waals surface area (Å²) in [5.41, 5.74) is 3.33. The quantitative estimate of drug-likeness (QED) is 0.427. The SMILES string of the molecule is O=C(CCl)c1ccc2[nH]c(O)c(-c3ccc4ccccc4n3)c2c1. The Kier molecular flexibility index (Phi) is 3.47. The minimum atomic E-state index is -0.156. The predicted molar refractivity (Wildman–Crippen MR) is 95.8 cm³/mol. The summed E-state index contributed by atoms with van der Waals surface area (Å²) in [6.45, 7) is 0. The molecule has 4 aromatic rings. The fraction of sp³-hybridized carbons (Fsp3) is 0.0526. The van der Waals surface area contributed by atoms with Crippen molar-refractivity contribution in [1.29, 1.82) is 0 Å². The Bertz CT molecular complexity index is 1090. The number of para-hydroxylation sites is 1. The first-order valence-corrected chi connectivity index (χ1v) is 8.01. The number of halogens is 1. The van der Waals surface area contributed by atoms with Crippen LogP contribution in [0.15, 0.2) is 54.6 Å². The van der Waals surface area contributed by atoms with Crippen LogP contribution in [0.3, 0.4) is 0 Å². The minimum absolute atomic E-state index is 0.0308. The van der Waals surface area contributed by atoms with Crippen LogP contribution in [0.2, 0.25) is 0 Å². The number of carbonyl (C=O) groups is 1. The Morgan fingerprint density at radius 2 is 1.96 bits per heavy atom. The van der Waals surface area contributed by atoms with Crippen molar-refractivity contribution >= 4 is 39.2 Å². The highest BCUT2D eigenvalue weighted by Crippen LogP contribution is 2.36. The summed E-state index contributed by atoms with van der Waals surface area (Å²) >= 11 is 5.65. The van der Waals surface area contributed by atoms with Crippen LogP contribution in [-0.4, -0.2) is 26.7 Å². The zero-order chi connectivity index (χ0) is 16.7. The number of carbonyl (C=O) groups excluding carboxylic acids is 1. The molecule has 2 heterocycles. The second-order valence-corrected chi connectivity index (χ2v) is 5.82. The molecule has 2 aromatic heterocycles. The Hall–Kier alpha value is -2.85. The van der Waals surface area contributed by atoms with E-state index >= 15 is 0 Å². The molecule has 0 saturated heterocycles. The number of aromatic amines is 1. The van der Waals surface area contributed by atoms with E-state index in [1.807, 2.05) is 36.4 Å². The molecule has 5 heteroatoms. The fourth-order valence-electron chi connectivity index (χ4n) is 2.89. The smallest absolute Gasteiger partial charge is 0.199 e. The van der Waals surface area contributed by atoms with Crippen molar-refractivity contribution < 1.29 is 9.90 Å². The number of H-pyrrole nitrogens is 1. The van der Waals surface area contributed by atoms with Gasteiger partial charge in [-0.15, -0.1) is 11.6 Å². The molecule has 0 saturated carbocycles. The largest absolute Gasteiger partial charge is 0.494 e. The molecule has 0 unspecified atom stereocenters. The molecular formula is C19H13ClN2O2. The number of fused-ring (bicyclic) bond motifs is 2. The number of hydrogen-bond donors (Lipinski definition) is 2. The molecule has 0 aliphatic heterocycles. The molecular weight excluding hydrogens is 324 g/mol.